The lowest BCUT2D eigenvalue weighted by atomic mass is 9.76. The summed E-state index contributed by atoms with van der Waals surface area (Å²) >= 11 is 0. The van der Waals surface area contributed by atoms with Crippen LogP contribution in [0.2, 0.25) is 0 Å². The van der Waals surface area contributed by atoms with Crippen molar-refractivity contribution in [3.8, 4) is 0 Å². The molecule has 0 bridgehead atoms. The lowest BCUT2D eigenvalue weighted by Crippen LogP contribution is -2.38. The summed E-state index contributed by atoms with van der Waals surface area (Å²) in [7, 11) is 0. The number of aromatic nitrogens is 2. The van der Waals surface area contributed by atoms with Gasteiger partial charge in [0.2, 0.25) is 0 Å². The summed E-state index contributed by atoms with van der Waals surface area (Å²) in [6, 6.07) is 32.2. The van der Waals surface area contributed by atoms with Gasteiger partial charge in [0.15, 0.2) is 0 Å². The van der Waals surface area contributed by atoms with E-state index in [1.54, 1.807) is 0 Å². The maximum Gasteiger partial charge on any atom is 0.121 e. The molecule has 1 aliphatic heterocycles. The van der Waals surface area contributed by atoms with Gasteiger partial charge in [-0.15, -0.1) is 0 Å². The second-order valence-electron chi connectivity index (χ2n) is 8.72. The third kappa shape index (κ3) is 4.12. The monoisotopic (exact) mass is 437 g/mol. The van der Waals surface area contributed by atoms with Crippen molar-refractivity contribution in [3.05, 3.63) is 125 Å². The summed E-state index contributed by atoms with van der Waals surface area (Å²) in [4.78, 5) is 4.86. The summed E-state index contributed by atoms with van der Waals surface area (Å²) in [6.07, 6.45) is 4.41. The number of piperidine rings is 1. The first-order valence-corrected chi connectivity index (χ1v) is 11.8. The Morgan fingerprint density at radius 3 is 1.79 bits per heavy atom. The fourth-order valence-electron chi connectivity index (χ4n) is 5.04. The van der Waals surface area contributed by atoms with Crippen LogP contribution in [0, 0.1) is 6.92 Å². The van der Waals surface area contributed by atoms with Crippen LogP contribution in [0.5, 0.6) is 0 Å². The molecule has 0 atom stereocenters. The average Bonchev–Trinajstić information content (AvgIpc) is 3.26. The van der Waals surface area contributed by atoms with Crippen molar-refractivity contribution in [1.29, 1.82) is 0 Å². The van der Waals surface area contributed by atoms with Crippen LogP contribution >= 0.6 is 0 Å². The fourth-order valence-corrected chi connectivity index (χ4v) is 5.04. The van der Waals surface area contributed by atoms with Crippen molar-refractivity contribution >= 4 is 0 Å². The van der Waals surface area contributed by atoms with Crippen LogP contribution in [0.1, 0.15) is 40.9 Å². The zero-order chi connectivity index (χ0) is 22.5. The topological polar surface area (TPSA) is 39.1 Å². The first kappa shape index (κ1) is 21.6. The first-order chi connectivity index (χ1) is 16.3. The van der Waals surface area contributed by atoms with E-state index < -0.39 is 5.54 Å². The van der Waals surface area contributed by atoms with Crippen LogP contribution < -0.4 is 5.32 Å². The standard InChI is InChI=1S/C29H31N3O/c1-23-28(21-33-27-17-19-30-20-18-27)31-22-32(23)29(24-11-5-2-6-12-24,25-13-7-3-8-14-25)26-15-9-4-10-16-26/h2-16,22,27,30H,17-21H2,1H3. The Morgan fingerprint density at radius 1 is 0.818 bits per heavy atom. The van der Waals surface area contributed by atoms with Crippen molar-refractivity contribution in [3.63, 3.8) is 0 Å². The molecule has 0 amide bonds. The minimum Gasteiger partial charge on any atom is -0.372 e. The number of benzene rings is 3. The highest BCUT2D eigenvalue weighted by molar-refractivity contribution is 5.51. The van der Waals surface area contributed by atoms with Crippen LogP contribution in [-0.4, -0.2) is 28.7 Å². The van der Waals surface area contributed by atoms with E-state index in [9.17, 15) is 0 Å². The number of hydrogen-bond donors (Lipinski definition) is 1. The third-order valence-electron chi connectivity index (χ3n) is 6.79. The maximum absolute atomic E-state index is 6.28. The Morgan fingerprint density at radius 2 is 1.30 bits per heavy atom. The molecule has 0 saturated carbocycles. The number of nitrogens with one attached hydrogen (secondary N) is 1. The highest BCUT2D eigenvalue weighted by Crippen LogP contribution is 2.41. The minimum absolute atomic E-state index is 0.304. The molecule has 4 heteroatoms. The van der Waals surface area contributed by atoms with Gasteiger partial charge in [0.25, 0.3) is 0 Å². The molecule has 4 aromatic rings. The molecular weight excluding hydrogens is 406 g/mol. The van der Waals surface area contributed by atoms with Crippen LogP contribution in [0.15, 0.2) is 97.3 Å². The van der Waals surface area contributed by atoms with E-state index in [-0.39, 0.29) is 0 Å². The summed E-state index contributed by atoms with van der Waals surface area (Å²) in [5.74, 6) is 0. The summed E-state index contributed by atoms with van der Waals surface area (Å²) in [5.41, 5.74) is 5.20. The predicted molar refractivity (Wildman–Crippen MR) is 132 cm³/mol. The molecule has 1 fully saturated rings. The molecule has 0 spiro atoms. The van der Waals surface area contributed by atoms with Gasteiger partial charge in [-0.1, -0.05) is 91.0 Å². The number of rotatable bonds is 7. The summed E-state index contributed by atoms with van der Waals surface area (Å²) in [6.45, 7) is 4.75. The van der Waals surface area contributed by atoms with Crippen molar-refractivity contribution < 1.29 is 4.74 Å². The molecule has 33 heavy (non-hydrogen) atoms. The van der Waals surface area contributed by atoms with E-state index in [1.165, 1.54) is 16.7 Å². The van der Waals surface area contributed by atoms with Crippen LogP contribution in [0.3, 0.4) is 0 Å². The minimum atomic E-state index is -0.534. The normalized spacial score (nSPS) is 14.9. The van der Waals surface area contributed by atoms with E-state index in [4.69, 9.17) is 9.72 Å². The molecule has 0 radical (unpaired) electrons. The van der Waals surface area contributed by atoms with Gasteiger partial charge in [-0.05, 0) is 49.5 Å². The van der Waals surface area contributed by atoms with Crippen LogP contribution in [0.4, 0.5) is 0 Å². The number of ether oxygens (including phenoxy) is 1. The van der Waals surface area contributed by atoms with Gasteiger partial charge >= 0.3 is 0 Å². The molecule has 1 aliphatic rings. The molecule has 4 nitrogen and oxygen atoms in total. The molecule has 1 aromatic heterocycles. The molecule has 3 aromatic carbocycles. The van der Waals surface area contributed by atoms with E-state index in [0.717, 1.165) is 37.3 Å². The van der Waals surface area contributed by atoms with Gasteiger partial charge in [-0.25, -0.2) is 4.98 Å². The zero-order valence-electron chi connectivity index (χ0n) is 19.2. The van der Waals surface area contributed by atoms with Gasteiger partial charge in [0, 0.05) is 5.69 Å². The van der Waals surface area contributed by atoms with Crippen molar-refractivity contribution in [2.75, 3.05) is 13.1 Å². The van der Waals surface area contributed by atoms with Crippen molar-refractivity contribution in [2.45, 2.75) is 38.0 Å². The SMILES string of the molecule is Cc1c(COC2CCNCC2)ncn1C(c1ccccc1)(c1ccccc1)c1ccccc1. The molecule has 2 heterocycles. The summed E-state index contributed by atoms with van der Waals surface area (Å²) < 4.78 is 8.60. The highest BCUT2D eigenvalue weighted by Gasteiger charge is 2.39. The largest absolute Gasteiger partial charge is 0.372 e. The number of hydrogen-bond acceptors (Lipinski definition) is 3. The molecule has 168 valence electrons. The lowest BCUT2D eigenvalue weighted by molar-refractivity contribution is 0.0194. The second kappa shape index (κ2) is 9.74. The Bertz CT molecular complexity index is 1050. The first-order valence-electron chi connectivity index (χ1n) is 11.8. The molecular formula is C29H31N3O. The smallest absolute Gasteiger partial charge is 0.121 e. The highest BCUT2D eigenvalue weighted by atomic mass is 16.5. The Balaban J connectivity index is 1.65. The Labute approximate surface area is 196 Å². The molecule has 1 saturated heterocycles. The van der Waals surface area contributed by atoms with Gasteiger partial charge in [0.05, 0.1) is 24.7 Å². The van der Waals surface area contributed by atoms with E-state index in [1.807, 2.05) is 6.33 Å². The van der Waals surface area contributed by atoms with Gasteiger partial charge in [-0.2, -0.15) is 0 Å². The predicted octanol–water partition coefficient (Wildman–Crippen LogP) is 5.30. The lowest BCUT2D eigenvalue weighted by Gasteiger charge is -2.38. The summed E-state index contributed by atoms with van der Waals surface area (Å²) in [5, 5.41) is 3.40. The number of nitrogens with zero attached hydrogens (tertiary/aromatic N) is 2. The molecule has 0 aliphatic carbocycles. The second-order valence-corrected chi connectivity index (χ2v) is 8.72. The van der Waals surface area contributed by atoms with E-state index in [0.29, 0.717) is 12.7 Å². The third-order valence-corrected chi connectivity index (χ3v) is 6.79. The van der Waals surface area contributed by atoms with Crippen molar-refractivity contribution in [2.24, 2.45) is 0 Å². The Kier molecular flexibility index (Phi) is 6.38. The van der Waals surface area contributed by atoms with E-state index >= 15 is 0 Å². The number of imidazole rings is 1. The average molecular weight is 438 g/mol. The van der Waals surface area contributed by atoms with Crippen LogP contribution in [0.25, 0.3) is 0 Å². The zero-order valence-corrected chi connectivity index (χ0v) is 19.2. The van der Waals surface area contributed by atoms with Crippen molar-refractivity contribution in [1.82, 2.24) is 14.9 Å². The molecule has 0 unspecified atom stereocenters. The fraction of sp³-hybridized carbons (Fsp3) is 0.276. The van der Waals surface area contributed by atoms with Crippen LogP contribution in [-0.2, 0) is 16.9 Å². The molecule has 1 N–H and O–H groups in total. The maximum atomic E-state index is 6.28. The van der Waals surface area contributed by atoms with Gasteiger partial charge in [-0.3, -0.25) is 0 Å². The van der Waals surface area contributed by atoms with Gasteiger partial charge < -0.3 is 14.6 Å². The van der Waals surface area contributed by atoms with E-state index in [2.05, 4.69) is 108 Å². The quantitative estimate of drug-likeness (QED) is 0.399. The van der Waals surface area contributed by atoms with Gasteiger partial charge in [0.1, 0.15) is 5.54 Å². The Hall–Kier alpha value is -3.21. The molecule has 5 rings (SSSR count).